The largest absolute Gasteiger partial charge is 0.465 e. The first-order valence-electron chi connectivity index (χ1n) is 11.0. The van der Waals surface area contributed by atoms with Crippen molar-refractivity contribution in [3.05, 3.63) is 108 Å². The summed E-state index contributed by atoms with van der Waals surface area (Å²) in [6.45, 7) is 0.116. The van der Waals surface area contributed by atoms with E-state index >= 15 is 0 Å². The minimum Gasteiger partial charge on any atom is -0.465 e. The Morgan fingerprint density at radius 1 is 0.944 bits per heavy atom. The van der Waals surface area contributed by atoms with Crippen LogP contribution in [0.5, 0.6) is 0 Å². The predicted octanol–water partition coefficient (Wildman–Crippen LogP) is 4.04. The van der Waals surface area contributed by atoms with Gasteiger partial charge in [-0.05, 0) is 65.2 Å². The van der Waals surface area contributed by atoms with E-state index in [1.54, 1.807) is 67.0 Å². The summed E-state index contributed by atoms with van der Waals surface area (Å²) in [6, 6.07) is 19.5. The Bertz CT molecular complexity index is 1390. The van der Waals surface area contributed by atoms with Gasteiger partial charge >= 0.3 is 5.97 Å². The number of carbonyl (C=O) groups is 3. The van der Waals surface area contributed by atoms with E-state index in [0.29, 0.717) is 22.4 Å². The molecule has 36 heavy (non-hydrogen) atoms. The van der Waals surface area contributed by atoms with Crippen molar-refractivity contribution in [1.82, 2.24) is 15.1 Å². The lowest BCUT2D eigenvalue weighted by molar-refractivity contribution is -0.116. The molecular weight excluding hydrogens is 463 g/mol. The van der Waals surface area contributed by atoms with E-state index in [1.165, 1.54) is 30.0 Å². The van der Waals surface area contributed by atoms with Gasteiger partial charge in [-0.3, -0.25) is 14.3 Å². The second kappa shape index (κ2) is 11.1. The molecule has 4 rings (SSSR count). The van der Waals surface area contributed by atoms with E-state index in [1.807, 2.05) is 0 Å². The van der Waals surface area contributed by atoms with Crippen molar-refractivity contribution in [3.63, 3.8) is 0 Å². The lowest BCUT2D eigenvalue weighted by Gasteiger charge is -2.12. The summed E-state index contributed by atoms with van der Waals surface area (Å²) in [5, 5.41) is 9.54. The highest BCUT2D eigenvalue weighted by Gasteiger charge is 2.13. The molecule has 8 nitrogen and oxygen atoms in total. The molecule has 0 radical (unpaired) electrons. The Morgan fingerprint density at radius 2 is 1.75 bits per heavy atom. The zero-order valence-electron chi connectivity index (χ0n) is 19.4. The molecule has 2 amide bonds. The van der Waals surface area contributed by atoms with Crippen LogP contribution in [0.3, 0.4) is 0 Å². The third kappa shape index (κ3) is 6.20. The van der Waals surface area contributed by atoms with Crippen molar-refractivity contribution < 1.29 is 23.5 Å². The molecule has 0 saturated heterocycles. The maximum absolute atomic E-state index is 13.5. The number of esters is 1. The first-order valence-corrected chi connectivity index (χ1v) is 11.0. The first kappa shape index (κ1) is 24.3. The van der Waals surface area contributed by atoms with Gasteiger partial charge in [-0.1, -0.05) is 24.3 Å². The average molecular weight is 487 g/mol. The van der Waals surface area contributed by atoms with Gasteiger partial charge in [0.2, 0.25) is 5.91 Å². The number of hydrogen-bond donors (Lipinski definition) is 2. The minimum absolute atomic E-state index is 0.00708. The number of carbonyl (C=O) groups excluding carboxylic acids is 3. The van der Waals surface area contributed by atoms with Gasteiger partial charge in [0.05, 0.1) is 12.7 Å². The Morgan fingerprint density at radius 3 is 2.44 bits per heavy atom. The molecule has 9 heteroatoms. The fourth-order valence-corrected chi connectivity index (χ4v) is 3.61. The van der Waals surface area contributed by atoms with Crippen molar-refractivity contribution >= 4 is 23.5 Å². The Kier molecular flexibility index (Phi) is 7.50. The van der Waals surface area contributed by atoms with Crippen LogP contribution in [0.4, 0.5) is 10.1 Å². The number of amides is 2. The van der Waals surface area contributed by atoms with Crippen molar-refractivity contribution in [2.75, 3.05) is 12.4 Å². The molecule has 0 spiro atoms. The lowest BCUT2D eigenvalue weighted by atomic mass is 10.0. The van der Waals surface area contributed by atoms with Gasteiger partial charge in [0, 0.05) is 30.2 Å². The second-order valence-corrected chi connectivity index (χ2v) is 7.93. The summed E-state index contributed by atoms with van der Waals surface area (Å²) in [5.41, 5.74) is 3.14. The maximum Gasteiger partial charge on any atom is 0.337 e. The molecule has 0 aliphatic heterocycles. The Hall–Kier alpha value is -4.79. The molecule has 0 unspecified atom stereocenters. The summed E-state index contributed by atoms with van der Waals surface area (Å²) in [6.07, 6.45) is 3.23. The summed E-state index contributed by atoms with van der Waals surface area (Å²) in [7, 11) is 1.26. The molecule has 0 bridgehead atoms. The van der Waals surface area contributed by atoms with Gasteiger partial charge in [0.1, 0.15) is 12.4 Å². The van der Waals surface area contributed by atoms with Crippen LogP contribution in [0.25, 0.3) is 11.1 Å². The molecule has 0 aliphatic carbocycles. The highest BCUT2D eigenvalue weighted by molar-refractivity contribution is 5.96. The Labute approximate surface area is 206 Å². The molecule has 1 aromatic heterocycles. The molecule has 4 aromatic rings. The smallest absolute Gasteiger partial charge is 0.337 e. The van der Waals surface area contributed by atoms with E-state index in [-0.39, 0.29) is 36.3 Å². The van der Waals surface area contributed by atoms with Gasteiger partial charge in [-0.2, -0.15) is 5.10 Å². The highest BCUT2D eigenvalue weighted by Crippen LogP contribution is 2.21. The van der Waals surface area contributed by atoms with Gasteiger partial charge in [-0.15, -0.1) is 0 Å². The van der Waals surface area contributed by atoms with Crippen LogP contribution in [-0.4, -0.2) is 34.7 Å². The number of rotatable bonds is 8. The van der Waals surface area contributed by atoms with Gasteiger partial charge in [0.15, 0.2) is 0 Å². The normalized spacial score (nSPS) is 10.5. The van der Waals surface area contributed by atoms with Crippen LogP contribution in [0, 0.1) is 5.82 Å². The molecule has 3 aromatic carbocycles. The maximum atomic E-state index is 13.5. The number of nitrogens with one attached hydrogen (secondary N) is 2. The topological polar surface area (TPSA) is 102 Å². The number of benzene rings is 3. The van der Waals surface area contributed by atoms with Crippen molar-refractivity contribution in [1.29, 1.82) is 0 Å². The summed E-state index contributed by atoms with van der Waals surface area (Å²) in [5.74, 6) is -1.55. The van der Waals surface area contributed by atoms with Gasteiger partial charge in [-0.25, -0.2) is 9.18 Å². The summed E-state index contributed by atoms with van der Waals surface area (Å²) >= 11 is 0. The predicted molar refractivity (Wildman–Crippen MR) is 132 cm³/mol. The van der Waals surface area contributed by atoms with Crippen LogP contribution in [-0.2, 0) is 22.6 Å². The second-order valence-electron chi connectivity index (χ2n) is 7.93. The van der Waals surface area contributed by atoms with Crippen LogP contribution in [0.1, 0.15) is 26.3 Å². The SMILES string of the molecule is COC(=O)c1cc(CNC(=O)c2ccc(-c3cccc(F)c3)cc2)cc(NC(=O)Cn2cccn2)c1. The molecule has 2 N–H and O–H groups in total. The number of aromatic nitrogens is 2. The van der Waals surface area contributed by atoms with Gasteiger partial charge < -0.3 is 15.4 Å². The number of ether oxygens (including phenoxy) is 1. The molecule has 182 valence electrons. The van der Waals surface area contributed by atoms with Crippen molar-refractivity contribution in [2.45, 2.75) is 13.1 Å². The molecular formula is C27H23FN4O4. The summed E-state index contributed by atoms with van der Waals surface area (Å²) < 4.78 is 19.8. The van der Waals surface area contributed by atoms with E-state index in [4.69, 9.17) is 4.74 Å². The molecule has 1 heterocycles. The molecule has 0 atom stereocenters. The fraction of sp³-hybridized carbons (Fsp3) is 0.111. The quantitative estimate of drug-likeness (QED) is 0.366. The number of nitrogens with zero attached hydrogens (tertiary/aromatic N) is 2. The monoisotopic (exact) mass is 486 g/mol. The number of anilines is 1. The molecule has 0 saturated carbocycles. The number of methoxy groups -OCH3 is 1. The highest BCUT2D eigenvalue weighted by atomic mass is 19.1. The summed E-state index contributed by atoms with van der Waals surface area (Å²) in [4.78, 5) is 37.2. The first-order chi connectivity index (χ1) is 17.4. The Balaban J connectivity index is 1.44. The van der Waals surface area contributed by atoms with Crippen LogP contribution < -0.4 is 10.6 Å². The van der Waals surface area contributed by atoms with E-state index in [9.17, 15) is 18.8 Å². The average Bonchev–Trinajstić information content (AvgIpc) is 3.39. The standard InChI is InChI=1S/C27H23FN4O4/c1-36-27(35)22-12-18(13-24(15-22)31-25(33)17-32-11-3-10-30-32)16-29-26(34)20-8-6-19(7-9-20)21-4-2-5-23(28)14-21/h2-15H,16-17H2,1H3,(H,29,34)(H,31,33). The fourth-order valence-electron chi connectivity index (χ4n) is 3.61. The van der Waals surface area contributed by atoms with Crippen molar-refractivity contribution in [2.24, 2.45) is 0 Å². The zero-order chi connectivity index (χ0) is 25.5. The lowest BCUT2D eigenvalue weighted by Crippen LogP contribution is -2.23. The van der Waals surface area contributed by atoms with Crippen LogP contribution in [0.2, 0.25) is 0 Å². The van der Waals surface area contributed by atoms with E-state index in [2.05, 4.69) is 15.7 Å². The van der Waals surface area contributed by atoms with E-state index in [0.717, 1.165) is 5.56 Å². The number of hydrogen-bond acceptors (Lipinski definition) is 5. The van der Waals surface area contributed by atoms with Crippen LogP contribution in [0.15, 0.2) is 85.2 Å². The minimum atomic E-state index is -0.571. The molecule has 0 fully saturated rings. The van der Waals surface area contributed by atoms with Crippen molar-refractivity contribution in [3.8, 4) is 11.1 Å². The third-order valence-electron chi connectivity index (χ3n) is 5.32. The molecule has 0 aliphatic rings. The van der Waals surface area contributed by atoms with Gasteiger partial charge in [0.25, 0.3) is 5.91 Å². The zero-order valence-corrected chi connectivity index (χ0v) is 19.4. The van der Waals surface area contributed by atoms with Crippen LogP contribution >= 0.6 is 0 Å². The third-order valence-corrected chi connectivity index (χ3v) is 5.32. The number of halogens is 1. The van der Waals surface area contributed by atoms with E-state index < -0.39 is 5.97 Å².